The molecular weight excluding hydrogens is 380 g/mol. The summed E-state index contributed by atoms with van der Waals surface area (Å²) in [6, 6.07) is 3.41. The van der Waals surface area contributed by atoms with Crippen LogP contribution in [0.1, 0.15) is 25.3 Å². The van der Waals surface area contributed by atoms with E-state index in [4.69, 9.17) is 5.73 Å². The molecule has 10 nitrogen and oxygen atoms in total. The number of nitrogens with zero attached hydrogens (tertiary/aromatic N) is 1. The van der Waals surface area contributed by atoms with E-state index < -0.39 is 41.8 Å². The molecule has 0 aliphatic carbocycles. The first-order valence-electron chi connectivity index (χ1n) is 9.33. The number of rotatable bonds is 8. The Morgan fingerprint density at radius 3 is 2.48 bits per heavy atom. The molecule has 0 aromatic heterocycles. The maximum absolute atomic E-state index is 13.0. The summed E-state index contributed by atoms with van der Waals surface area (Å²) >= 11 is 0. The zero-order valence-corrected chi connectivity index (χ0v) is 16.1. The molecule has 0 bridgehead atoms. The van der Waals surface area contributed by atoms with Gasteiger partial charge in [0.25, 0.3) is 0 Å². The first-order chi connectivity index (χ1) is 13.7. The molecule has 1 aromatic rings. The van der Waals surface area contributed by atoms with Gasteiger partial charge in [-0.2, -0.15) is 0 Å². The van der Waals surface area contributed by atoms with Gasteiger partial charge in [-0.3, -0.25) is 14.4 Å². The highest BCUT2D eigenvalue weighted by Gasteiger charge is 2.37. The van der Waals surface area contributed by atoms with Crippen molar-refractivity contribution in [3.8, 4) is 5.75 Å². The number of hydrogen-bond acceptors (Lipinski definition) is 6. The fraction of sp³-hybridized carbons (Fsp3) is 0.474. The van der Waals surface area contributed by atoms with Crippen molar-refractivity contribution in [1.29, 1.82) is 0 Å². The van der Waals surface area contributed by atoms with Crippen molar-refractivity contribution in [2.75, 3.05) is 13.1 Å². The van der Waals surface area contributed by atoms with Crippen LogP contribution in [0.5, 0.6) is 5.75 Å². The van der Waals surface area contributed by atoms with Gasteiger partial charge in [0.05, 0.1) is 12.6 Å². The number of nitrogens with two attached hydrogens (primary N) is 1. The van der Waals surface area contributed by atoms with Gasteiger partial charge >= 0.3 is 5.97 Å². The second-order valence-corrected chi connectivity index (χ2v) is 7.03. The molecule has 6 N–H and O–H groups in total. The predicted octanol–water partition coefficient (Wildman–Crippen LogP) is -1.04. The minimum atomic E-state index is -1.09. The summed E-state index contributed by atoms with van der Waals surface area (Å²) in [5.74, 6) is -2.64. The standard InChI is InChI=1S/C19H26N4O6/c1-11(20)17(26)21-10-16(25)22-14(9-12-4-6-13(24)7-5-12)18(27)23-8-2-3-15(23)19(28)29/h4-7,11,14-15,24H,2-3,8-10,20H2,1H3,(H,21,26)(H,22,25)(H,28,29). The number of carbonyl (C=O) groups is 4. The van der Waals surface area contributed by atoms with Crippen LogP contribution < -0.4 is 16.4 Å². The molecule has 3 amide bonds. The molecule has 10 heteroatoms. The maximum atomic E-state index is 13.0. The first kappa shape index (κ1) is 22.2. The molecule has 3 atom stereocenters. The predicted molar refractivity (Wildman–Crippen MR) is 103 cm³/mol. The van der Waals surface area contributed by atoms with Gasteiger partial charge in [0.2, 0.25) is 17.7 Å². The van der Waals surface area contributed by atoms with Crippen LogP contribution in [0.4, 0.5) is 0 Å². The van der Waals surface area contributed by atoms with Crippen molar-refractivity contribution >= 4 is 23.7 Å². The molecule has 1 heterocycles. The number of benzene rings is 1. The van der Waals surface area contributed by atoms with Gasteiger partial charge in [0.1, 0.15) is 17.8 Å². The number of likely N-dealkylation sites (tertiary alicyclic amines) is 1. The largest absolute Gasteiger partial charge is 0.508 e. The summed E-state index contributed by atoms with van der Waals surface area (Å²) in [6.07, 6.45) is 1.02. The number of phenols is 1. The van der Waals surface area contributed by atoms with E-state index in [0.717, 1.165) is 0 Å². The molecule has 3 unspecified atom stereocenters. The van der Waals surface area contributed by atoms with E-state index in [9.17, 15) is 29.4 Å². The molecule has 0 saturated carbocycles. The SMILES string of the molecule is CC(N)C(=O)NCC(=O)NC(Cc1ccc(O)cc1)C(=O)N1CCCC1C(=O)O. The van der Waals surface area contributed by atoms with Gasteiger partial charge < -0.3 is 31.5 Å². The average molecular weight is 406 g/mol. The van der Waals surface area contributed by atoms with Gasteiger partial charge in [0.15, 0.2) is 0 Å². The van der Waals surface area contributed by atoms with Crippen molar-refractivity contribution in [1.82, 2.24) is 15.5 Å². The number of carboxylic acids is 1. The summed E-state index contributed by atoms with van der Waals surface area (Å²) in [5, 5.41) is 23.7. The lowest BCUT2D eigenvalue weighted by Crippen LogP contribution is -2.54. The fourth-order valence-corrected chi connectivity index (χ4v) is 3.13. The Hall–Kier alpha value is -3.14. The average Bonchev–Trinajstić information content (AvgIpc) is 3.16. The van der Waals surface area contributed by atoms with E-state index >= 15 is 0 Å². The summed E-state index contributed by atoms with van der Waals surface area (Å²) in [4.78, 5) is 49.5. The number of carboxylic acid groups (broad SMARTS) is 1. The second-order valence-electron chi connectivity index (χ2n) is 7.03. The van der Waals surface area contributed by atoms with Gasteiger partial charge in [0, 0.05) is 13.0 Å². The first-order valence-corrected chi connectivity index (χ1v) is 9.33. The van der Waals surface area contributed by atoms with Crippen molar-refractivity contribution in [3.05, 3.63) is 29.8 Å². The molecule has 158 valence electrons. The topological polar surface area (TPSA) is 162 Å². The molecule has 1 saturated heterocycles. The lowest BCUT2D eigenvalue weighted by atomic mass is 10.0. The lowest BCUT2D eigenvalue weighted by Gasteiger charge is -2.27. The van der Waals surface area contributed by atoms with Crippen molar-refractivity contribution in [2.45, 2.75) is 44.3 Å². The van der Waals surface area contributed by atoms with E-state index in [0.29, 0.717) is 24.9 Å². The quantitative estimate of drug-likeness (QED) is 0.368. The highest BCUT2D eigenvalue weighted by molar-refractivity contribution is 5.92. The molecule has 29 heavy (non-hydrogen) atoms. The van der Waals surface area contributed by atoms with Crippen LogP contribution in [0.2, 0.25) is 0 Å². The smallest absolute Gasteiger partial charge is 0.326 e. The summed E-state index contributed by atoms with van der Waals surface area (Å²) < 4.78 is 0. The normalized spacial score (nSPS) is 18.0. The molecule has 0 spiro atoms. The molecular formula is C19H26N4O6. The minimum absolute atomic E-state index is 0.0600. The highest BCUT2D eigenvalue weighted by atomic mass is 16.4. The third-order valence-electron chi connectivity index (χ3n) is 4.67. The number of aliphatic carboxylic acids is 1. The van der Waals surface area contributed by atoms with Gasteiger partial charge in [-0.05, 0) is 37.5 Å². The fourth-order valence-electron chi connectivity index (χ4n) is 3.13. The third-order valence-corrected chi connectivity index (χ3v) is 4.67. The van der Waals surface area contributed by atoms with E-state index in [1.807, 2.05) is 0 Å². The number of aromatic hydroxyl groups is 1. The van der Waals surface area contributed by atoms with Crippen molar-refractivity contribution in [2.24, 2.45) is 5.73 Å². The van der Waals surface area contributed by atoms with Crippen LogP contribution in [0, 0.1) is 0 Å². The van der Waals surface area contributed by atoms with E-state index in [2.05, 4.69) is 10.6 Å². The van der Waals surface area contributed by atoms with Gasteiger partial charge in [-0.25, -0.2) is 4.79 Å². The molecule has 1 aromatic carbocycles. The van der Waals surface area contributed by atoms with Crippen LogP contribution in [0.15, 0.2) is 24.3 Å². The molecule has 2 rings (SSSR count). The Labute approximate surface area is 168 Å². The van der Waals surface area contributed by atoms with Crippen molar-refractivity contribution in [3.63, 3.8) is 0 Å². The molecule has 1 fully saturated rings. The van der Waals surface area contributed by atoms with E-state index in [-0.39, 0.29) is 18.7 Å². The Bertz CT molecular complexity index is 764. The number of phenolic OH excluding ortho intramolecular Hbond substituents is 1. The van der Waals surface area contributed by atoms with E-state index in [1.54, 1.807) is 12.1 Å². The van der Waals surface area contributed by atoms with Crippen LogP contribution in [0.3, 0.4) is 0 Å². The van der Waals surface area contributed by atoms with Crippen molar-refractivity contribution < 1.29 is 29.4 Å². The molecule has 0 radical (unpaired) electrons. The zero-order chi connectivity index (χ0) is 21.6. The molecule has 1 aliphatic heterocycles. The Balaban J connectivity index is 2.13. The lowest BCUT2D eigenvalue weighted by molar-refractivity contribution is -0.149. The molecule has 1 aliphatic rings. The van der Waals surface area contributed by atoms with Crippen LogP contribution in [0.25, 0.3) is 0 Å². The number of carbonyl (C=O) groups excluding carboxylic acids is 3. The van der Waals surface area contributed by atoms with Crippen LogP contribution >= 0.6 is 0 Å². The number of nitrogens with one attached hydrogen (secondary N) is 2. The summed E-state index contributed by atoms with van der Waals surface area (Å²) in [7, 11) is 0. The number of amides is 3. The second kappa shape index (κ2) is 9.87. The zero-order valence-electron chi connectivity index (χ0n) is 16.1. The summed E-state index contributed by atoms with van der Waals surface area (Å²) in [6.45, 7) is 1.41. The van der Waals surface area contributed by atoms with Gasteiger partial charge in [-0.1, -0.05) is 12.1 Å². The Morgan fingerprint density at radius 2 is 1.90 bits per heavy atom. The van der Waals surface area contributed by atoms with Gasteiger partial charge in [-0.15, -0.1) is 0 Å². The maximum Gasteiger partial charge on any atom is 0.326 e. The van der Waals surface area contributed by atoms with Crippen LogP contribution in [-0.2, 0) is 25.6 Å². The minimum Gasteiger partial charge on any atom is -0.508 e. The van der Waals surface area contributed by atoms with E-state index in [1.165, 1.54) is 24.0 Å². The monoisotopic (exact) mass is 406 g/mol. The summed E-state index contributed by atoms with van der Waals surface area (Å²) in [5.41, 5.74) is 6.11. The highest BCUT2D eigenvalue weighted by Crippen LogP contribution is 2.20. The Kier molecular flexibility index (Phi) is 7.54. The Morgan fingerprint density at radius 1 is 1.24 bits per heavy atom. The van der Waals surface area contributed by atoms with Crippen LogP contribution in [-0.4, -0.2) is 70.0 Å². The third kappa shape index (κ3) is 6.18. The number of hydrogen-bond donors (Lipinski definition) is 5.